The Hall–Kier alpha value is -0.940. The first-order valence-corrected chi connectivity index (χ1v) is 6.58. The number of nitrogens with one attached hydrogen (secondary N) is 1. The van der Waals surface area contributed by atoms with Crippen LogP contribution in [0.1, 0.15) is 30.8 Å². The zero-order chi connectivity index (χ0) is 11.8. The van der Waals surface area contributed by atoms with Crippen molar-refractivity contribution in [1.29, 1.82) is 0 Å². The van der Waals surface area contributed by atoms with Crippen molar-refractivity contribution in [3.05, 3.63) is 11.4 Å². The molecular weight excluding hydrogens is 214 g/mol. The van der Waals surface area contributed by atoms with Crippen molar-refractivity contribution < 1.29 is 0 Å². The summed E-state index contributed by atoms with van der Waals surface area (Å²) in [6, 6.07) is 0.542. The highest BCUT2D eigenvalue weighted by atomic mass is 15.5. The molecule has 3 heterocycles. The van der Waals surface area contributed by atoms with Gasteiger partial charge < -0.3 is 10.2 Å². The predicted molar refractivity (Wildman–Crippen MR) is 65.7 cm³/mol. The van der Waals surface area contributed by atoms with Gasteiger partial charge in [0.1, 0.15) is 0 Å². The number of hydrogen-bond acceptors (Lipinski definition) is 4. The molecule has 0 spiro atoms. The fraction of sp³-hybridized carbons (Fsp3) is 0.833. The fourth-order valence-electron chi connectivity index (χ4n) is 3.13. The lowest BCUT2D eigenvalue weighted by Gasteiger charge is -2.35. The van der Waals surface area contributed by atoms with Gasteiger partial charge in [0.2, 0.25) is 0 Å². The van der Waals surface area contributed by atoms with Gasteiger partial charge in [0.05, 0.1) is 17.4 Å². The molecule has 0 radical (unpaired) electrons. The summed E-state index contributed by atoms with van der Waals surface area (Å²) in [6.45, 7) is 6.60. The minimum atomic E-state index is 0.542. The van der Waals surface area contributed by atoms with E-state index in [2.05, 4.69) is 39.2 Å². The van der Waals surface area contributed by atoms with Gasteiger partial charge in [0.15, 0.2) is 0 Å². The van der Waals surface area contributed by atoms with Crippen LogP contribution in [0.25, 0.3) is 0 Å². The maximum atomic E-state index is 4.41. The lowest BCUT2D eigenvalue weighted by Crippen LogP contribution is -2.39. The van der Waals surface area contributed by atoms with Crippen LogP contribution in [0.3, 0.4) is 0 Å². The summed E-state index contributed by atoms with van der Waals surface area (Å²) in [5, 5.41) is 12.1. The summed E-state index contributed by atoms with van der Waals surface area (Å²) in [7, 11) is 2.20. The van der Waals surface area contributed by atoms with Crippen LogP contribution in [-0.4, -0.2) is 46.6 Å². The number of aromatic nitrogens is 3. The molecule has 5 heteroatoms. The molecule has 0 aliphatic carbocycles. The van der Waals surface area contributed by atoms with Crippen LogP contribution < -0.4 is 5.32 Å². The van der Waals surface area contributed by atoms with Gasteiger partial charge in [0, 0.05) is 26.1 Å². The highest BCUT2D eigenvalue weighted by Gasteiger charge is 2.29. The molecule has 3 rings (SSSR count). The second-order valence-electron chi connectivity index (χ2n) is 5.45. The quantitative estimate of drug-likeness (QED) is 0.767. The van der Waals surface area contributed by atoms with Crippen LogP contribution in [0.5, 0.6) is 0 Å². The van der Waals surface area contributed by atoms with Gasteiger partial charge in [-0.15, -0.1) is 5.10 Å². The summed E-state index contributed by atoms with van der Waals surface area (Å²) in [5.74, 6) is 0.662. The second-order valence-corrected chi connectivity index (χ2v) is 5.45. The number of piperidine rings is 1. The molecule has 1 N–H and O–H groups in total. The number of rotatable bonds is 1. The molecule has 1 saturated heterocycles. The molecule has 17 heavy (non-hydrogen) atoms. The van der Waals surface area contributed by atoms with E-state index < -0.39 is 0 Å². The van der Waals surface area contributed by atoms with Crippen molar-refractivity contribution in [3.63, 3.8) is 0 Å². The molecule has 94 valence electrons. The van der Waals surface area contributed by atoms with Gasteiger partial charge in [-0.05, 0) is 25.9 Å². The van der Waals surface area contributed by atoms with Gasteiger partial charge in [-0.3, -0.25) is 0 Å². The molecular formula is C12H21N5. The average molecular weight is 235 g/mol. The lowest BCUT2D eigenvalue weighted by atomic mass is 9.94. The first-order valence-electron chi connectivity index (χ1n) is 6.58. The summed E-state index contributed by atoms with van der Waals surface area (Å²) < 4.78 is 2.22. The number of likely N-dealkylation sites (tertiary alicyclic amines) is 1. The van der Waals surface area contributed by atoms with Crippen LogP contribution in [0.2, 0.25) is 0 Å². The Morgan fingerprint density at radius 1 is 1.41 bits per heavy atom. The van der Waals surface area contributed by atoms with Crippen LogP contribution in [0.15, 0.2) is 0 Å². The highest BCUT2D eigenvalue weighted by Crippen LogP contribution is 2.29. The third kappa shape index (κ3) is 1.98. The molecule has 2 aliphatic heterocycles. The van der Waals surface area contributed by atoms with Crippen LogP contribution in [-0.2, 0) is 13.0 Å². The van der Waals surface area contributed by atoms with E-state index in [1.807, 2.05) is 0 Å². The Kier molecular flexibility index (Phi) is 2.88. The normalized spacial score (nSPS) is 30.2. The molecule has 2 atom stereocenters. The summed E-state index contributed by atoms with van der Waals surface area (Å²) in [5.41, 5.74) is 2.52. The standard InChI is InChI=1S/C12H21N5/c1-9-8-16(2)6-4-11(9)17-12-3-5-13-7-10(12)14-15-17/h9,11,13H,3-8H2,1-2H3. The Morgan fingerprint density at radius 2 is 2.29 bits per heavy atom. The van der Waals surface area contributed by atoms with Crippen molar-refractivity contribution in [2.45, 2.75) is 32.4 Å². The van der Waals surface area contributed by atoms with E-state index in [0.717, 1.165) is 31.7 Å². The first kappa shape index (κ1) is 11.2. The van der Waals surface area contributed by atoms with E-state index in [9.17, 15) is 0 Å². The lowest BCUT2D eigenvalue weighted by molar-refractivity contribution is 0.146. The van der Waals surface area contributed by atoms with Crippen molar-refractivity contribution in [2.75, 3.05) is 26.7 Å². The maximum absolute atomic E-state index is 4.41. The van der Waals surface area contributed by atoms with E-state index in [1.54, 1.807) is 0 Å². The summed E-state index contributed by atoms with van der Waals surface area (Å²) in [6.07, 6.45) is 2.27. The molecule has 0 bridgehead atoms. The van der Waals surface area contributed by atoms with E-state index in [-0.39, 0.29) is 0 Å². The minimum absolute atomic E-state index is 0.542. The molecule has 1 fully saturated rings. The minimum Gasteiger partial charge on any atom is -0.311 e. The number of hydrogen-bond donors (Lipinski definition) is 1. The zero-order valence-electron chi connectivity index (χ0n) is 10.7. The van der Waals surface area contributed by atoms with E-state index in [4.69, 9.17) is 0 Å². The van der Waals surface area contributed by atoms with Crippen molar-refractivity contribution in [2.24, 2.45) is 5.92 Å². The van der Waals surface area contributed by atoms with Crippen molar-refractivity contribution >= 4 is 0 Å². The molecule has 5 nitrogen and oxygen atoms in total. The molecule has 0 amide bonds. The van der Waals surface area contributed by atoms with Gasteiger partial charge in [0.25, 0.3) is 0 Å². The molecule has 1 aromatic heterocycles. The second kappa shape index (κ2) is 4.38. The van der Waals surface area contributed by atoms with Crippen molar-refractivity contribution in [3.8, 4) is 0 Å². The largest absolute Gasteiger partial charge is 0.311 e. The smallest absolute Gasteiger partial charge is 0.0997 e. The van der Waals surface area contributed by atoms with Gasteiger partial charge >= 0.3 is 0 Å². The Labute approximate surface area is 102 Å². The fourth-order valence-corrected chi connectivity index (χ4v) is 3.13. The predicted octanol–water partition coefficient (Wildman–Crippen LogP) is 0.436. The highest BCUT2D eigenvalue weighted by molar-refractivity contribution is 5.14. The average Bonchev–Trinajstić information content (AvgIpc) is 2.73. The molecule has 2 aliphatic rings. The van der Waals surface area contributed by atoms with Crippen LogP contribution in [0, 0.1) is 5.92 Å². The first-order chi connectivity index (χ1) is 8.25. The molecule has 2 unspecified atom stereocenters. The zero-order valence-corrected chi connectivity index (χ0v) is 10.7. The Morgan fingerprint density at radius 3 is 3.12 bits per heavy atom. The van der Waals surface area contributed by atoms with Crippen LogP contribution >= 0.6 is 0 Å². The summed E-state index contributed by atoms with van der Waals surface area (Å²) >= 11 is 0. The number of fused-ring (bicyclic) bond motifs is 1. The monoisotopic (exact) mass is 235 g/mol. The number of nitrogens with zero attached hydrogens (tertiary/aromatic N) is 4. The van der Waals surface area contributed by atoms with Crippen molar-refractivity contribution in [1.82, 2.24) is 25.2 Å². The molecule has 0 aromatic carbocycles. The Bertz CT molecular complexity index is 400. The van der Waals surface area contributed by atoms with E-state index in [1.165, 1.54) is 18.7 Å². The van der Waals surface area contributed by atoms with Gasteiger partial charge in [-0.2, -0.15) is 0 Å². The third-order valence-electron chi connectivity index (χ3n) is 4.08. The molecule has 1 aromatic rings. The maximum Gasteiger partial charge on any atom is 0.0997 e. The van der Waals surface area contributed by atoms with Crippen LogP contribution in [0.4, 0.5) is 0 Å². The Balaban J connectivity index is 1.86. The summed E-state index contributed by atoms with van der Waals surface area (Å²) in [4.78, 5) is 2.41. The third-order valence-corrected chi connectivity index (χ3v) is 4.08. The molecule has 0 saturated carbocycles. The SMILES string of the molecule is CC1CN(C)CCC1n1nnc2c1CCNC2. The van der Waals surface area contributed by atoms with Gasteiger partial charge in [-0.25, -0.2) is 4.68 Å². The van der Waals surface area contributed by atoms with Gasteiger partial charge in [-0.1, -0.05) is 12.1 Å². The van der Waals surface area contributed by atoms with E-state index in [0.29, 0.717) is 12.0 Å². The topological polar surface area (TPSA) is 46.0 Å². The van der Waals surface area contributed by atoms with E-state index >= 15 is 0 Å².